The topological polar surface area (TPSA) is 26.0 Å². The van der Waals surface area contributed by atoms with Crippen LogP contribution in [0.5, 0.6) is 0 Å². The van der Waals surface area contributed by atoms with E-state index in [4.69, 9.17) is 5.73 Å². The first-order valence-corrected chi connectivity index (χ1v) is 6.96. The molecule has 0 aliphatic heterocycles. The molecule has 0 aliphatic rings. The minimum absolute atomic E-state index is 0.139. The molecule has 2 N–H and O–H groups in total. The van der Waals surface area contributed by atoms with Crippen LogP contribution < -0.4 is 5.73 Å². The first-order chi connectivity index (χ1) is 7.54. The molecular formula is C14H23NS. The van der Waals surface area contributed by atoms with Gasteiger partial charge in [-0.05, 0) is 18.9 Å². The van der Waals surface area contributed by atoms with E-state index in [0.29, 0.717) is 10.5 Å². The lowest BCUT2D eigenvalue weighted by molar-refractivity contribution is 0.709. The summed E-state index contributed by atoms with van der Waals surface area (Å²) in [6, 6.07) is 8.70. The predicted octanol–water partition coefficient (Wildman–Crippen LogP) is 3.92. The van der Waals surface area contributed by atoms with Crippen molar-refractivity contribution in [3.05, 3.63) is 35.4 Å². The SMILES string of the molecule is CCC(C)SC(C)C(N)c1ccc(C)cc1. The Balaban J connectivity index is 2.62. The summed E-state index contributed by atoms with van der Waals surface area (Å²) in [6.45, 7) is 8.82. The van der Waals surface area contributed by atoms with Crippen molar-refractivity contribution in [2.75, 3.05) is 0 Å². The zero-order valence-electron chi connectivity index (χ0n) is 10.7. The van der Waals surface area contributed by atoms with Crippen molar-refractivity contribution >= 4 is 11.8 Å². The van der Waals surface area contributed by atoms with Crippen LogP contribution in [0.15, 0.2) is 24.3 Å². The Morgan fingerprint density at radius 2 is 1.75 bits per heavy atom. The van der Waals surface area contributed by atoms with Crippen molar-refractivity contribution in [2.24, 2.45) is 5.73 Å². The van der Waals surface area contributed by atoms with Crippen molar-refractivity contribution in [2.45, 2.75) is 50.7 Å². The molecule has 1 aromatic rings. The van der Waals surface area contributed by atoms with Gasteiger partial charge in [-0.2, -0.15) is 11.8 Å². The molecule has 90 valence electrons. The van der Waals surface area contributed by atoms with Gasteiger partial charge in [0, 0.05) is 16.5 Å². The Hall–Kier alpha value is -0.470. The maximum atomic E-state index is 6.27. The standard InChI is InChI=1S/C14H23NS/c1-5-11(3)16-12(4)14(15)13-8-6-10(2)7-9-13/h6-9,11-12,14H,5,15H2,1-4H3. The smallest absolute Gasteiger partial charge is 0.0412 e. The van der Waals surface area contributed by atoms with Crippen molar-refractivity contribution < 1.29 is 0 Å². The van der Waals surface area contributed by atoms with Gasteiger partial charge in [0.05, 0.1) is 0 Å². The lowest BCUT2D eigenvalue weighted by Crippen LogP contribution is -2.22. The average Bonchev–Trinajstić information content (AvgIpc) is 2.28. The summed E-state index contributed by atoms with van der Waals surface area (Å²) >= 11 is 1.98. The molecule has 1 nitrogen and oxygen atoms in total. The lowest BCUT2D eigenvalue weighted by atomic mass is 10.0. The monoisotopic (exact) mass is 237 g/mol. The molecule has 16 heavy (non-hydrogen) atoms. The van der Waals surface area contributed by atoms with Crippen LogP contribution in [0.4, 0.5) is 0 Å². The van der Waals surface area contributed by atoms with Gasteiger partial charge in [-0.1, -0.05) is 50.6 Å². The Labute approximate surface area is 104 Å². The van der Waals surface area contributed by atoms with Crippen molar-refractivity contribution in [3.63, 3.8) is 0 Å². The fraction of sp³-hybridized carbons (Fsp3) is 0.571. The minimum Gasteiger partial charge on any atom is -0.323 e. The summed E-state index contributed by atoms with van der Waals surface area (Å²) in [5, 5.41) is 1.16. The number of rotatable bonds is 5. The average molecular weight is 237 g/mol. The number of hydrogen-bond acceptors (Lipinski definition) is 2. The molecule has 0 radical (unpaired) electrons. The van der Waals surface area contributed by atoms with Crippen molar-refractivity contribution in [1.29, 1.82) is 0 Å². The summed E-state index contributed by atoms with van der Waals surface area (Å²) in [5.74, 6) is 0. The van der Waals surface area contributed by atoms with Gasteiger partial charge in [-0.15, -0.1) is 0 Å². The summed E-state index contributed by atoms with van der Waals surface area (Å²) in [6.07, 6.45) is 1.20. The molecule has 0 bridgehead atoms. The van der Waals surface area contributed by atoms with E-state index in [-0.39, 0.29) is 6.04 Å². The molecule has 0 aliphatic carbocycles. The Morgan fingerprint density at radius 3 is 2.25 bits per heavy atom. The zero-order valence-corrected chi connectivity index (χ0v) is 11.6. The Bertz CT molecular complexity index is 307. The van der Waals surface area contributed by atoms with Crippen LogP contribution in [0.3, 0.4) is 0 Å². The third-order valence-electron chi connectivity index (χ3n) is 2.99. The maximum Gasteiger partial charge on any atom is 0.0412 e. The van der Waals surface area contributed by atoms with Gasteiger partial charge in [0.25, 0.3) is 0 Å². The Morgan fingerprint density at radius 1 is 1.19 bits per heavy atom. The molecule has 0 saturated heterocycles. The molecule has 2 heteroatoms. The number of thioether (sulfide) groups is 1. The Kier molecular flexibility index (Phi) is 5.36. The predicted molar refractivity (Wildman–Crippen MR) is 74.9 cm³/mol. The van der Waals surface area contributed by atoms with E-state index in [2.05, 4.69) is 52.0 Å². The van der Waals surface area contributed by atoms with Gasteiger partial charge < -0.3 is 5.73 Å². The van der Waals surface area contributed by atoms with E-state index in [1.807, 2.05) is 11.8 Å². The third kappa shape index (κ3) is 3.84. The maximum absolute atomic E-state index is 6.27. The van der Waals surface area contributed by atoms with Crippen LogP contribution >= 0.6 is 11.8 Å². The third-order valence-corrected chi connectivity index (χ3v) is 4.51. The van der Waals surface area contributed by atoms with Gasteiger partial charge in [0.15, 0.2) is 0 Å². The van der Waals surface area contributed by atoms with Gasteiger partial charge in [-0.3, -0.25) is 0 Å². The zero-order chi connectivity index (χ0) is 12.1. The molecule has 0 amide bonds. The molecule has 0 aromatic heterocycles. The largest absolute Gasteiger partial charge is 0.323 e. The van der Waals surface area contributed by atoms with Gasteiger partial charge in [0.2, 0.25) is 0 Å². The fourth-order valence-electron chi connectivity index (χ4n) is 1.61. The first-order valence-electron chi connectivity index (χ1n) is 6.02. The number of hydrogen-bond donors (Lipinski definition) is 1. The summed E-state index contributed by atoms with van der Waals surface area (Å²) in [7, 11) is 0. The highest BCUT2D eigenvalue weighted by atomic mass is 32.2. The highest BCUT2D eigenvalue weighted by molar-refractivity contribution is 8.00. The molecule has 3 atom stereocenters. The van der Waals surface area contributed by atoms with E-state index in [1.54, 1.807) is 0 Å². The number of aryl methyl sites for hydroxylation is 1. The molecule has 3 unspecified atom stereocenters. The highest BCUT2D eigenvalue weighted by Crippen LogP contribution is 2.28. The second-order valence-electron chi connectivity index (χ2n) is 4.50. The highest BCUT2D eigenvalue weighted by Gasteiger charge is 2.17. The van der Waals surface area contributed by atoms with E-state index >= 15 is 0 Å². The summed E-state index contributed by atoms with van der Waals surface area (Å²) < 4.78 is 0. The molecule has 0 fully saturated rings. The number of benzene rings is 1. The molecule has 1 aromatic carbocycles. The second kappa shape index (κ2) is 6.31. The minimum atomic E-state index is 0.139. The van der Waals surface area contributed by atoms with Crippen LogP contribution in [0, 0.1) is 6.92 Å². The summed E-state index contributed by atoms with van der Waals surface area (Å²) in [4.78, 5) is 0. The normalized spacial score (nSPS) is 16.8. The van der Waals surface area contributed by atoms with Crippen molar-refractivity contribution in [1.82, 2.24) is 0 Å². The van der Waals surface area contributed by atoms with Crippen LogP contribution in [0.2, 0.25) is 0 Å². The van der Waals surface area contributed by atoms with Crippen LogP contribution in [-0.4, -0.2) is 10.5 Å². The van der Waals surface area contributed by atoms with Crippen LogP contribution in [-0.2, 0) is 0 Å². The van der Waals surface area contributed by atoms with Crippen molar-refractivity contribution in [3.8, 4) is 0 Å². The quantitative estimate of drug-likeness (QED) is 0.840. The molecule has 0 spiro atoms. The fourth-order valence-corrected chi connectivity index (χ4v) is 2.86. The van der Waals surface area contributed by atoms with E-state index in [1.165, 1.54) is 17.5 Å². The van der Waals surface area contributed by atoms with E-state index < -0.39 is 0 Å². The molecule has 0 saturated carbocycles. The first kappa shape index (κ1) is 13.6. The van der Waals surface area contributed by atoms with Gasteiger partial charge >= 0.3 is 0 Å². The van der Waals surface area contributed by atoms with Crippen LogP contribution in [0.1, 0.15) is 44.4 Å². The summed E-state index contributed by atoms with van der Waals surface area (Å²) in [5.41, 5.74) is 8.81. The molecule has 1 rings (SSSR count). The number of nitrogens with two attached hydrogens (primary N) is 1. The van der Waals surface area contributed by atoms with E-state index in [0.717, 1.165) is 0 Å². The van der Waals surface area contributed by atoms with Crippen LogP contribution in [0.25, 0.3) is 0 Å². The van der Waals surface area contributed by atoms with E-state index in [9.17, 15) is 0 Å². The molecular weight excluding hydrogens is 214 g/mol. The van der Waals surface area contributed by atoms with Gasteiger partial charge in [0.1, 0.15) is 0 Å². The molecule has 0 heterocycles. The lowest BCUT2D eigenvalue weighted by Gasteiger charge is -2.22. The van der Waals surface area contributed by atoms with Gasteiger partial charge in [-0.25, -0.2) is 0 Å². The second-order valence-corrected chi connectivity index (χ2v) is 6.32.